The Morgan fingerprint density at radius 3 is 2.07 bits per heavy atom. The monoisotopic (exact) mass is 215 g/mol. The van der Waals surface area contributed by atoms with E-state index in [1.54, 1.807) is 0 Å². The van der Waals surface area contributed by atoms with Crippen LogP contribution >= 0.6 is 0 Å². The molecule has 0 aliphatic rings. The Morgan fingerprint density at radius 1 is 1.07 bits per heavy atom. The molecule has 0 aliphatic carbocycles. The van der Waals surface area contributed by atoms with Gasteiger partial charge in [0.05, 0.1) is 0 Å². The summed E-state index contributed by atoms with van der Waals surface area (Å²) in [5, 5.41) is 9.09. The van der Waals surface area contributed by atoms with Crippen molar-refractivity contribution >= 4 is 5.97 Å². The molecule has 0 unspecified atom stereocenters. The quantitative estimate of drug-likeness (QED) is 0.581. The Morgan fingerprint density at radius 2 is 1.60 bits per heavy atom. The number of rotatable bonds is 9. The summed E-state index contributed by atoms with van der Waals surface area (Å²) in [7, 11) is 0. The lowest BCUT2D eigenvalue weighted by Crippen LogP contribution is -2.47. The molecule has 0 saturated carbocycles. The highest BCUT2D eigenvalue weighted by molar-refractivity contribution is 5.78. The van der Waals surface area contributed by atoms with Crippen molar-refractivity contribution in [3.63, 3.8) is 0 Å². The minimum absolute atomic E-state index is 0.602. The smallest absolute Gasteiger partial charge is 0.323 e. The minimum atomic E-state index is -0.982. The second-order valence-electron chi connectivity index (χ2n) is 4.38. The van der Waals surface area contributed by atoms with Crippen molar-refractivity contribution in [1.29, 1.82) is 0 Å². The molecule has 3 nitrogen and oxygen atoms in total. The molecule has 0 saturated heterocycles. The summed E-state index contributed by atoms with van der Waals surface area (Å²) in [6.45, 7) is 4.20. The SMILES string of the molecule is CCCCCC[C@](N)(CCCC)C(=O)O. The summed E-state index contributed by atoms with van der Waals surface area (Å²) in [6, 6.07) is 0. The van der Waals surface area contributed by atoms with Crippen LogP contribution in [0, 0.1) is 0 Å². The van der Waals surface area contributed by atoms with E-state index in [0.717, 1.165) is 25.7 Å². The molecule has 0 rings (SSSR count). The maximum Gasteiger partial charge on any atom is 0.323 e. The number of hydrogen-bond acceptors (Lipinski definition) is 2. The number of carboxylic acid groups (broad SMARTS) is 1. The molecule has 3 heteroatoms. The first-order valence-corrected chi connectivity index (χ1v) is 6.09. The van der Waals surface area contributed by atoms with Crippen molar-refractivity contribution in [1.82, 2.24) is 0 Å². The fourth-order valence-electron chi connectivity index (χ4n) is 1.70. The predicted molar refractivity (Wildman–Crippen MR) is 62.8 cm³/mol. The van der Waals surface area contributed by atoms with Crippen LogP contribution < -0.4 is 5.73 Å². The lowest BCUT2D eigenvalue weighted by molar-refractivity contribution is -0.144. The van der Waals surface area contributed by atoms with Crippen molar-refractivity contribution in [3.05, 3.63) is 0 Å². The van der Waals surface area contributed by atoms with E-state index in [-0.39, 0.29) is 0 Å². The number of aliphatic carboxylic acids is 1. The van der Waals surface area contributed by atoms with Gasteiger partial charge in [-0.05, 0) is 12.8 Å². The molecule has 0 aromatic rings. The number of unbranched alkanes of at least 4 members (excludes halogenated alkanes) is 4. The first-order valence-electron chi connectivity index (χ1n) is 6.09. The maximum absolute atomic E-state index is 11.1. The van der Waals surface area contributed by atoms with Crippen LogP contribution in [0.15, 0.2) is 0 Å². The summed E-state index contributed by atoms with van der Waals surface area (Å²) in [4.78, 5) is 11.1. The van der Waals surface area contributed by atoms with Gasteiger partial charge >= 0.3 is 5.97 Å². The molecule has 0 spiro atoms. The van der Waals surface area contributed by atoms with E-state index in [1.165, 1.54) is 12.8 Å². The van der Waals surface area contributed by atoms with Crippen LogP contribution in [0.3, 0.4) is 0 Å². The minimum Gasteiger partial charge on any atom is -0.480 e. The van der Waals surface area contributed by atoms with Crippen molar-refractivity contribution < 1.29 is 9.90 Å². The van der Waals surface area contributed by atoms with Gasteiger partial charge in [0, 0.05) is 0 Å². The first-order chi connectivity index (χ1) is 7.06. The van der Waals surface area contributed by atoms with Gasteiger partial charge in [0.2, 0.25) is 0 Å². The van der Waals surface area contributed by atoms with Crippen molar-refractivity contribution in [3.8, 4) is 0 Å². The van der Waals surface area contributed by atoms with E-state index in [9.17, 15) is 4.79 Å². The molecule has 0 fully saturated rings. The maximum atomic E-state index is 11.1. The van der Waals surface area contributed by atoms with E-state index >= 15 is 0 Å². The molecular formula is C12H25NO2. The molecule has 3 N–H and O–H groups in total. The Balaban J connectivity index is 3.96. The fourth-order valence-corrected chi connectivity index (χ4v) is 1.70. The second kappa shape index (κ2) is 7.69. The van der Waals surface area contributed by atoms with Crippen molar-refractivity contribution in [2.75, 3.05) is 0 Å². The fraction of sp³-hybridized carbons (Fsp3) is 0.917. The predicted octanol–water partition coefficient (Wildman–Crippen LogP) is 2.93. The molecule has 0 bridgehead atoms. The highest BCUT2D eigenvalue weighted by Gasteiger charge is 2.32. The van der Waals surface area contributed by atoms with Crippen LogP contribution in [0.2, 0.25) is 0 Å². The van der Waals surface area contributed by atoms with Crippen LogP contribution in [0.25, 0.3) is 0 Å². The number of carboxylic acids is 1. The largest absolute Gasteiger partial charge is 0.480 e. The zero-order valence-electron chi connectivity index (χ0n) is 10.1. The third-order valence-electron chi connectivity index (χ3n) is 2.88. The van der Waals surface area contributed by atoms with Gasteiger partial charge < -0.3 is 10.8 Å². The molecule has 1 atom stereocenters. The number of carbonyl (C=O) groups is 1. The van der Waals surface area contributed by atoms with Crippen molar-refractivity contribution in [2.45, 2.75) is 70.8 Å². The highest BCUT2D eigenvalue weighted by atomic mass is 16.4. The second-order valence-corrected chi connectivity index (χ2v) is 4.38. The third kappa shape index (κ3) is 5.78. The summed E-state index contributed by atoms with van der Waals surface area (Å²) >= 11 is 0. The van der Waals surface area contributed by atoms with E-state index in [2.05, 4.69) is 13.8 Å². The number of nitrogens with two attached hydrogens (primary N) is 1. The van der Waals surface area contributed by atoms with Crippen LogP contribution in [0.1, 0.15) is 65.2 Å². The molecule has 0 amide bonds. The van der Waals surface area contributed by atoms with Crippen LogP contribution in [-0.4, -0.2) is 16.6 Å². The summed E-state index contributed by atoms with van der Waals surface area (Å²) < 4.78 is 0. The van der Waals surface area contributed by atoms with E-state index in [0.29, 0.717) is 12.8 Å². The summed E-state index contributed by atoms with van der Waals surface area (Å²) in [5.41, 5.74) is 4.93. The zero-order valence-corrected chi connectivity index (χ0v) is 10.1. The lowest BCUT2D eigenvalue weighted by Gasteiger charge is -2.24. The molecular weight excluding hydrogens is 190 g/mol. The molecule has 0 radical (unpaired) electrons. The first kappa shape index (κ1) is 14.4. The summed E-state index contributed by atoms with van der Waals surface area (Å²) in [6.07, 6.45) is 7.48. The normalized spacial score (nSPS) is 14.9. The van der Waals surface area contributed by atoms with Gasteiger partial charge in [-0.1, -0.05) is 52.4 Å². The Bertz CT molecular complexity index is 182. The van der Waals surface area contributed by atoms with Crippen LogP contribution in [0.4, 0.5) is 0 Å². The summed E-state index contributed by atoms with van der Waals surface area (Å²) in [5.74, 6) is -0.840. The van der Waals surface area contributed by atoms with Gasteiger partial charge in [-0.15, -0.1) is 0 Å². The molecule has 15 heavy (non-hydrogen) atoms. The Hall–Kier alpha value is -0.570. The van der Waals surface area contributed by atoms with E-state index in [4.69, 9.17) is 10.8 Å². The van der Waals surface area contributed by atoms with Gasteiger partial charge in [0.15, 0.2) is 0 Å². The van der Waals surface area contributed by atoms with Gasteiger partial charge in [0.1, 0.15) is 5.54 Å². The molecule has 90 valence electrons. The van der Waals surface area contributed by atoms with E-state index in [1.807, 2.05) is 0 Å². The third-order valence-corrected chi connectivity index (χ3v) is 2.88. The standard InChI is InChI=1S/C12H25NO2/c1-3-5-7-8-10-12(13,11(14)15)9-6-4-2/h3-10,13H2,1-2H3,(H,14,15)/t12-/m1/s1. The molecule has 0 aromatic heterocycles. The molecule has 0 aliphatic heterocycles. The zero-order chi connectivity index (χ0) is 11.7. The van der Waals surface area contributed by atoms with Gasteiger partial charge in [-0.3, -0.25) is 4.79 Å². The average molecular weight is 215 g/mol. The van der Waals surface area contributed by atoms with Crippen LogP contribution in [-0.2, 0) is 4.79 Å². The highest BCUT2D eigenvalue weighted by Crippen LogP contribution is 2.20. The Kier molecular flexibility index (Phi) is 7.39. The van der Waals surface area contributed by atoms with Gasteiger partial charge in [-0.25, -0.2) is 0 Å². The number of hydrogen-bond donors (Lipinski definition) is 2. The Labute approximate surface area is 93.0 Å². The topological polar surface area (TPSA) is 63.3 Å². The molecule has 0 aromatic carbocycles. The average Bonchev–Trinajstić information content (AvgIpc) is 2.21. The van der Waals surface area contributed by atoms with Gasteiger partial charge in [-0.2, -0.15) is 0 Å². The van der Waals surface area contributed by atoms with Crippen LogP contribution in [0.5, 0.6) is 0 Å². The van der Waals surface area contributed by atoms with E-state index < -0.39 is 11.5 Å². The lowest BCUT2D eigenvalue weighted by atomic mass is 9.88. The molecule has 0 heterocycles. The van der Waals surface area contributed by atoms with Crippen molar-refractivity contribution in [2.24, 2.45) is 5.73 Å². The van der Waals surface area contributed by atoms with Gasteiger partial charge in [0.25, 0.3) is 0 Å².